The van der Waals surface area contributed by atoms with Crippen molar-refractivity contribution in [2.75, 3.05) is 13.7 Å². The summed E-state index contributed by atoms with van der Waals surface area (Å²) >= 11 is 9.42. The highest BCUT2D eigenvalue weighted by molar-refractivity contribution is 9.10. The van der Waals surface area contributed by atoms with Gasteiger partial charge in [-0.1, -0.05) is 27.5 Å². The van der Waals surface area contributed by atoms with Crippen LogP contribution in [0.2, 0.25) is 5.02 Å². The molecule has 0 aliphatic heterocycles. The maximum Gasteiger partial charge on any atom is 0.312 e. The molecule has 94 valence electrons. The number of hydrogen-bond acceptors (Lipinski definition) is 3. The Morgan fingerprint density at radius 1 is 1.65 bits per heavy atom. The second kappa shape index (κ2) is 6.35. The van der Waals surface area contributed by atoms with Crippen LogP contribution in [-0.2, 0) is 16.1 Å². The first kappa shape index (κ1) is 14.4. The van der Waals surface area contributed by atoms with Crippen molar-refractivity contribution >= 4 is 33.5 Å². The Hall–Kier alpha value is -0.620. The molecule has 1 aromatic rings. The molecule has 0 aliphatic carbocycles. The van der Waals surface area contributed by atoms with Crippen molar-refractivity contribution in [3.05, 3.63) is 32.8 Å². The Bertz CT molecular complexity index is 402. The number of halogens is 2. The molecule has 0 bridgehead atoms. The van der Waals surface area contributed by atoms with E-state index in [0.717, 1.165) is 10.0 Å². The number of rotatable bonds is 5. The molecule has 0 saturated heterocycles. The number of carboxylic acid groups (broad SMARTS) is 1. The largest absolute Gasteiger partial charge is 0.481 e. The standard InChI is InChI=1S/C11H13BrClNO3/c1-17-5-8-9(12)2-6(3-10(8)13)7(4-14)11(15)16/h2-3,7H,4-5,14H2,1H3,(H,15,16). The quantitative estimate of drug-likeness (QED) is 0.873. The normalized spacial score (nSPS) is 12.5. The molecule has 6 heteroatoms. The number of nitrogens with two attached hydrogens (primary N) is 1. The Morgan fingerprint density at radius 2 is 2.29 bits per heavy atom. The van der Waals surface area contributed by atoms with Gasteiger partial charge in [-0.25, -0.2) is 0 Å². The summed E-state index contributed by atoms with van der Waals surface area (Å²) in [5, 5.41) is 9.49. The minimum absolute atomic E-state index is 0.0295. The van der Waals surface area contributed by atoms with Crippen molar-refractivity contribution in [1.82, 2.24) is 0 Å². The number of hydrogen-bond donors (Lipinski definition) is 2. The molecule has 0 amide bonds. The van der Waals surface area contributed by atoms with Crippen LogP contribution in [-0.4, -0.2) is 24.7 Å². The van der Waals surface area contributed by atoms with Crippen LogP contribution in [0.15, 0.2) is 16.6 Å². The van der Waals surface area contributed by atoms with E-state index in [-0.39, 0.29) is 6.54 Å². The lowest BCUT2D eigenvalue weighted by atomic mass is 9.98. The van der Waals surface area contributed by atoms with Gasteiger partial charge in [-0.3, -0.25) is 4.79 Å². The van der Waals surface area contributed by atoms with Crippen molar-refractivity contribution in [3.63, 3.8) is 0 Å². The molecular weight excluding hydrogens is 309 g/mol. The van der Waals surface area contributed by atoms with Crippen molar-refractivity contribution in [2.45, 2.75) is 12.5 Å². The Kier molecular flexibility index (Phi) is 5.39. The average Bonchev–Trinajstić information content (AvgIpc) is 2.24. The van der Waals surface area contributed by atoms with E-state index in [9.17, 15) is 4.79 Å². The topological polar surface area (TPSA) is 72.5 Å². The predicted octanol–water partition coefficient (Wildman–Crippen LogP) is 2.38. The van der Waals surface area contributed by atoms with Gasteiger partial charge in [0.1, 0.15) is 0 Å². The smallest absolute Gasteiger partial charge is 0.312 e. The van der Waals surface area contributed by atoms with Gasteiger partial charge in [0.15, 0.2) is 0 Å². The first-order chi connectivity index (χ1) is 8.01. The minimum atomic E-state index is -0.963. The lowest BCUT2D eigenvalue weighted by Gasteiger charge is -2.14. The van der Waals surface area contributed by atoms with Crippen LogP contribution in [0.25, 0.3) is 0 Å². The fourth-order valence-electron chi connectivity index (χ4n) is 1.49. The van der Waals surface area contributed by atoms with Gasteiger partial charge < -0.3 is 15.6 Å². The van der Waals surface area contributed by atoms with Crippen LogP contribution < -0.4 is 5.73 Å². The van der Waals surface area contributed by atoms with Gasteiger partial charge in [0.05, 0.1) is 12.5 Å². The molecule has 0 radical (unpaired) electrons. The first-order valence-corrected chi connectivity index (χ1v) is 6.08. The minimum Gasteiger partial charge on any atom is -0.481 e. The van der Waals surface area contributed by atoms with Crippen LogP contribution in [0.5, 0.6) is 0 Å². The Morgan fingerprint density at radius 3 is 2.71 bits per heavy atom. The van der Waals surface area contributed by atoms with Crippen molar-refractivity contribution in [3.8, 4) is 0 Å². The molecule has 0 fully saturated rings. The second-order valence-electron chi connectivity index (χ2n) is 3.52. The lowest BCUT2D eigenvalue weighted by molar-refractivity contribution is -0.138. The molecule has 0 spiro atoms. The lowest BCUT2D eigenvalue weighted by Crippen LogP contribution is -2.21. The van der Waals surface area contributed by atoms with E-state index in [1.165, 1.54) is 0 Å². The zero-order valence-electron chi connectivity index (χ0n) is 9.24. The molecule has 0 saturated carbocycles. The summed E-state index contributed by atoms with van der Waals surface area (Å²) < 4.78 is 5.73. The van der Waals surface area contributed by atoms with Crippen LogP contribution in [0.3, 0.4) is 0 Å². The molecule has 0 heterocycles. The highest BCUT2D eigenvalue weighted by Crippen LogP contribution is 2.30. The molecule has 0 aromatic heterocycles. The number of aliphatic carboxylic acids is 1. The van der Waals surface area contributed by atoms with E-state index in [0.29, 0.717) is 17.2 Å². The SMILES string of the molecule is COCc1c(Cl)cc(C(CN)C(=O)O)cc1Br. The maximum atomic E-state index is 11.0. The van der Waals surface area contributed by atoms with Crippen LogP contribution in [0, 0.1) is 0 Å². The number of ether oxygens (including phenoxy) is 1. The summed E-state index contributed by atoms with van der Waals surface area (Å²) in [5.41, 5.74) is 6.81. The predicted molar refractivity (Wildman–Crippen MR) is 69.3 cm³/mol. The average molecular weight is 323 g/mol. The third-order valence-electron chi connectivity index (χ3n) is 2.39. The molecular formula is C11H13BrClNO3. The highest BCUT2D eigenvalue weighted by Gasteiger charge is 2.20. The summed E-state index contributed by atoms with van der Waals surface area (Å²) in [6.07, 6.45) is 0. The van der Waals surface area contributed by atoms with E-state index >= 15 is 0 Å². The number of carboxylic acids is 1. The second-order valence-corrected chi connectivity index (χ2v) is 4.78. The van der Waals surface area contributed by atoms with E-state index in [2.05, 4.69) is 15.9 Å². The number of carbonyl (C=O) groups is 1. The van der Waals surface area contributed by atoms with Crippen LogP contribution in [0.4, 0.5) is 0 Å². The molecule has 1 aromatic carbocycles. The highest BCUT2D eigenvalue weighted by atomic mass is 79.9. The Labute approximate surface area is 113 Å². The van der Waals surface area contributed by atoms with Gasteiger partial charge in [0.25, 0.3) is 0 Å². The van der Waals surface area contributed by atoms with Crippen LogP contribution in [0.1, 0.15) is 17.0 Å². The van der Waals surface area contributed by atoms with E-state index in [1.54, 1.807) is 19.2 Å². The van der Waals surface area contributed by atoms with E-state index < -0.39 is 11.9 Å². The third kappa shape index (κ3) is 3.42. The molecule has 3 N–H and O–H groups in total. The van der Waals surface area contributed by atoms with Gasteiger partial charge in [-0.05, 0) is 17.7 Å². The summed E-state index contributed by atoms with van der Waals surface area (Å²) in [7, 11) is 1.57. The number of benzene rings is 1. The third-order valence-corrected chi connectivity index (χ3v) is 3.43. The van der Waals surface area contributed by atoms with Gasteiger partial charge >= 0.3 is 5.97 Å². The zero-order valence-corrected chi connectivity index (χ0v) is 11.6. The van der Waals surface area contributed by atoms with E-state index in [1.807, 2.05) is 0 Å². The zero-order chi connectivity index (χ0) is 13.0. The summed E-state index contributed by atoms with van der Waals surface area (Å²) in [4.78, 5) is 11.0. The monoisotopic (exact) mass is 321 g/mol. The summed E-state index contributed by atoms with van der Waals surface area (Å²) in [5.74, 6) is -1.71. The maximum absolute atomic E-state index is 11.0. The van der Waals surface area contributed by atoms with Gasteiger partial charge in [-0.15, -0.1) is 0 Å². The van der Waals surface area contributed by atoms with Gasteiger partial charge in [0.2, 0.25) is 0 Å². The van der Waals surface area contributed by atoms with Crippen molar-refractivity contribution in [2.24, 2.45) is 5.73 Å². The molecule has 1 atom stereocenters. The molecule has 17 heavy (non-hydrogen) atoms. The van der Waals surface area contributed by atoms with E-state index in [4.69, 9.17) is 27.2 Å². The molecule has 4 nitrogen and oxygen atoms in total. The fraction of sp³-hybridized carbons (Fsp3) is 0.364. The first-order valence-electron chi connectivity index (χ1n) is 4.90. The van der Waals surface area contributed by atoms with Crippen molar-refractivity contribution < 1.29 is 14.6 Å². The van der Waals surface area contributed by atoms with Crippen LogP contribution >= 0.6 is 27.5 Å². The molecule has 0 aliphatic rings. The number of methoxy groups -OCH3 is 1. The molecule has 1 unspecified atom stereocenters. The van der Waals surface area contributed by atoms with Gasteiger partial charge in [-0.2, -0.15) is 0 Å². The fourth-order valence-corrected chi connectivity index (χ4v) is 2.47. The molecule has 1 rings (SSSR count). The van der Waals surface area contributed by atoms with Crippen molar-refractivity contribution in [1.29, 1.82) is 0 Å². The Balaban J connectivity index is 3.17. The van der Waals surface area contributed by atoms with Gasteiger partial charge in [0, 0.05) is 28.7 Å². The summed E-state index contributed by atoms with van der Waals surface area (Å²) in [6.45, 7) is 0.391. The summed E-state index contributed by atoms with van der Waals surface area (Å²) in [6, 6.07) is 3.33.